The molecule has 6 aliphatic rings. The number of aliphatic imine (C=N–C) groups is 1. The number of rotatable bonds is 3. The van der Waals surface area contributed by atoms with Gasteiger partial charge in [0.25, 0.3) is 5.96 Å². The molecule has 3 bridgehead atoms. The molecule has 35 heavy (non-hydrogen) atoms. The molecular formula is C27H40N4O4. The molecule has 2 spiro atoms. The van der Waals surface area contributed by atoms with Crippen LogP contribution in [0.2, 0.25) is 0 Å². The first-order valence-electron chi connectivity index (χ1n) is 13.7. The Bertz CT molecular complexity index is 1040. The summed E-state index contributed by atoms with van der Waals surface area (Å²) >= 11 is 0. The Kier molecular flexibility index (Phi) is 5.14. The fourth-order valence-electron chi connectivity index (χ4n) is 11.1. The van der Waals surface area contributed by atoms with E-state index in [1.54, 1.807) is 7.05 Å². The number of allylic oxidation sites excluding steroid dienone is 1. The number of likely N-dealkylation sites (tertiary alicyclic amines) is 1. The highest BCUT2D eigenvalue weighted by Gasteiger charge is 2.85. The van der Waals surface area contributed by atoms with Gasteiger partial charge in [-0.1, -0.05) is 12.0 Å². The van der Waals surface area contributed by atoms with Gasteiger partial charge in [0, 0.05) is 54.2 Å². The number of ketones is 1. The maximum Gasteiger partial charge on any atom is 0.293 e. The van der Waals surface area contributed by atoms with E-state index in [-0.39, 0.29) is 40.4 Å². The number of guanidine groups is 1. The number of nitrogens with zero attached hydrogens (tertiary/aromatic N) is 1. The van der Waals surface area contributed by atoms with E-state index in [1.165, 1.54) is 4.90 Å². The minimum atomic E-state index is -1.93. The molecule has 192 valence electrons. The summed E-state index contributed by atoms with van der Waals surface area (Å²) in [6.07, 6.45) is 8.21. The molecule has 5 aliphatic carbocycles. The van der Waals surface area contributed by atoms with E-state index in [9.17, 15) is 19.8 Å². The van der Waals surface area contributed by atoms with Crippen molar-refractivity contribution in [3.8, 4) is 0 Å². The zero-order valence-electron chi connectivity index (χ0n) is 21.1. The molecule has 0 aromatic rings. The first-order chi connectivity index (χ1) is 16.7. The fourth-order valence-corrected chi connectivity index (χ4v) is 11.1. The van der Waals surface area contributed by atoms with Gasteiger partial charge in [0.1, 0.15) is 0 Å². The smallest absolute Gasteiger partial charge is 0.293 e. The van der Waals surface area contributed by atoms with Crippen LogP contribution in [0.1, 0.15) is 64.2 Å². The SMILES string of the molecule is CN=C(N)[NH+]1CC[C@]2(CNC)CC[C@@H]3[C@@]4(O)C(=O)CCCC[C@@H]5CC[C@@H]6CC(=C4C(=O)[O-])[C@@]53[C@]62C1. The third-order valence-electron chi connectivity index (χ3n) is 11.8. The molecule has 1 heterocycles. The molecule has 4 saturated carbocycles. The molecule has 0 radical (unpaired) electrons. The first kappa shape index (κ1) is 23.6. The Morgan fingerprint density at radius 3 is 2.71 bits per heavy atom. The Balaban J connectivity index is 1.69. The standard InChI is InChI=1S/C27H40N4O4/c1-29-14-24-10-9-19-26-16-5-3-4-6-20(32)27(19,35)21(22(33)34)18(26)13-17(8-7-16)25(24,26)15-31(12-11-24)23(28)30-2/h16-17,19,29,35H,3-15H2,1-2H3,(H2,28,30)(H,33,34)/t16-,17-,19+,24+,25-,26+,27-/m1/s1. The molecule has 8 atom stereocenters. The average molecular weight is 485 g/mol. The summed E-state index contributed by atoms with van der Waals surface area (Å²) in [6.45, 7) is 2.56. The van der Waals surface area contributed by atoms with E-state index < -0.39 is 17.0 Å². The lowest BCUT2D eigenvalue weighted by Crippen LogP contribution is -3.19. The number of quaternary nitrogens is 1. The molecule has 0 aromatic carbocycles. The molecule has 1 saturated heterocycles. The van der Waals surface area contributed by atoms with Gasteiger partial charge < -0.3 is 26.1 Å². The number of carboxylic acid groups (broad SMARTS) is 1. The van der Waals surface area contributed by atoms with E-state index >= 15 is 0 Å². The average Bonchev–Trinajstić information content (AvgIpc) is 3.18. The lowest BCUT2D eigenvalue weighted by molar-refractivity contribution is -0.832. The van der Waals surface area contributed by atoms with Gasteiger partial charge in [0.05, 0.1) is 19.1 Å². The van der Waals surface area contributed by atoms with Crippen molar-refractivity contribution >= 4 is 17.7 Å². The number of nitrogens with one attached hydrogen (secondary N) is 2. The second-order valence-corrected chi connectivity index (χ2v) is 12.4. The number of hydrogen-bond acceptors (Lipinski definition) is 6. The summed E-state index contributed by atoms with van der Waals surface area (Å²) < 4.78 is 0. The van der Waals surface area contributed by atoms with Crippen molar-refractivity contribution < 1.29 is 24.7 Å². The van der Waals surface area contributed by atoms with Crippen LogP contribution in [0.15, 0.2) is 16.1 Å². The van der Waals surface area contributed by atoms with Crippen molar-refractivity contribution in [1.82, 2.24) is 5.32 Å². The van der Waals surface area contributed by atoms with Gasteiger partial charge in [-0.3, -0.25) is 9.69 Å². The van der Waals surface area contributed by atoms with Gasteiger partial charge in [-0.25, -0.2) is 4.99 Å². The van der Waals surface area contributed by atoms with Crippen LogP contribution < -0.4 is 21.1 Å². The summed E-state index contributed by atoms with van der Waals surface area (Å²) in [6, 6.07) is 0. The van der Waals surface area contributed by atoms with Gasteiger partial charge in [0.2, 0.25) is 0 Å². The molecule has 5 N–H and O–H groups in total. The number of aliphatic carboxylic acids is 1. The van der Waals surface area contributed by atoms with Crippen LogP contribution in [0, 0.1) is 34.0 Å². The number of piperidine rings is 1. The van der Waals surface area contributed by atoms with Gasteiger partial charge in [-0.15, -0.1) is 0 Å². The Morgan fingerprint density at radius 1 is 1.23 bits per heavy atom. The second kappa shape index (κ2) is 7.62. The number of hydrogen-bond donors (Lipinski definition) is 4. The van der Waals surface area contributed by atoms with Crippen LogP contribution in [0.4, 0.5) is 0 Å². The molecule has 8 heteroatoms. The van der Waals surface area contributed by atoms with Crippen LogP contribution in [0.3, 0.4) is 0 Å². The van der Waals surface area contributed by atoms with Crippen LogP contribution in [0.25, 0.3) is 0 Å². The minimum Gasteiger partial charge on any atom is -0.545 e. The predicted molar refractivity (Wildman–Crippen MR) is 128 cm³/mol. The van der Waals surface area contributed by atoms with E-state index in [2.05, 4.69) is 10.3 Å². The topological polar surface area (TPSA) is 132 Å². The van der Waals surface area contributed by atoms with Crippen LogP contribution in [-0.4, -0.2) is 62.1 Å². The van der Waals surface area contributed by atoms with Crippen LogP contribution >= 0.6 is 0 Å². The van der Waals surface area contributed by atoms with E-state index in [1.807, 2.05) is 7.05 Å². The molecule has 0 amide bonds. The van der Waals surface area contributed by atoms with E-state index in [4.69, 9.17) is 5.73 Å². The van der Waals surface area contributed by atoms with Gasteiger partial charge in [0.15, 0.2) is 11.4 Å². The van der Waals surface area contributed by atoms with Crippen molar-refractivity contribution in [2.75, 3.05) is 33.7 Å². The monoisotopic (exact) mass is 484 g/mol. The predicted octanol–water partition coefficient (Wildman–Crippen LogP) is -0.828. The Hall–Kier alpha value is -1.77. The van der Waals surface area contributed by atoms with Crippen molar-refractivity contribution in [2.45, 2.75) is 69.8 Å². The molecule has 8 nitrogen and oxygen atoms in total. The molecule has 0 aromatic heterocycles. The Labute approximate surface area is 207 Å². The van der Waals surface area contributed by atoms with Gasteiger partial charge >= 0.3 is 0 Å². The van der Waals surface area contributed by atoms with Crippen molar-refractivity contribution in [3.63, 3.8) is 0 Å². The number of nitrogens with two attached hydrogens (primary N) is 1. The lowest BCUT2D eigenvalue weighted by atomic mass is 9.34. The normalized spacial score (nSPS) is 48.8. The number of Topliss-reactive ketones (excluding diaryl/α,β-unsaturated/α-hetero) is 1. The highest BCUT2D eigenvalue weighted by atomic mass is 16.4. The summed E-state index contributed by atoms with van der Waals surface area (Å²) in [5.41, 5.74) is 4.60. The molecule has 1 aliphatic heterocycles. The highest BCUT2D eigenvalue weighted by molar-refractivity contribution is 6.04. The third kappa shape index (κ3) is 2.47. The summed E-state index contributed by atoms with van der Waals surface area (Å²) in [7, 11) is 3.76. The molecular weight excluding hydrogens is 444 g/mol. The van der Waals surface area contributed by atoms with Crippen LogP contribution in [0.5, 0.6) is 0 Å². The molecule has 6 rings (SSSR count). The zero-order chi connectivity index (χ0) is 24.8. The van der Waals surface area contributed by atoms with Crippen molar-refractivity contribution in [2.24, 2.45) is 44.7 Å². The number of carbonyl (C=O) groups is 2. The highest BCUT2D eigenvalue weighted by Crippen LogP contribution is 2.84. The quantitative estimate of drug-likeness (QED) is 0.305. The van der Waals surface area contributed by atoms with Crippen molar-refractivity contribution in [3.05, 3.63) is 11.1 Å². The van der Waals surface area contributed by atoms with Gasteiger partial charge in [-0.05, 0) is 63.8 Å². The maximum absolute atomic E-state index is 13.7. The molecule has 1 unspecified atom stereocenters. The number of carboxylic acids is 1. The minimum absolute atomic E-state index is 0.0275. The van der Waals surface area contributed by atoms with Crippen molar-refractivity contribution in [1.29, 1.82) is 0 Å². The Morgan fingerprint density at radius 2 is 2.00 bits per heavy atom. The zero-order valence-corrected chi connectivity index (χ0v) is 21.1. The summed E-state index contributed by atoms with van der Waals surface area (Å²) in [5.74, 6) is -0.826. The maximum atomic E-state index is 13.7. The van der Waals surface area contributed by atoms with Crippen LogP contribution in [-0.2, 0) is 9.59 Å². The largest absolute Gasteiger partial charge is 0.545 e. The molecule has 5 fully saturated rings. The third-order valence-corrected chi connectivity index (χ3v) is 11.8. The van der Waals surface area contributed by atoms with E-state index in [0.717, 1.165) is 63.7 Å². The second-order valence-electron chi connectivity index (χ2n) is 12.4. The first-order valence-corrected chi connectivity index (χ1v) is 13.7. The number of aliphatic hydroxyl groups is 1. The number of carbonyl (C=O) groups excluding carboxylic acids is 2. The fraction of sp³-hybridized carbons (Fsp3) is 0.815. The van der Waals surface area contributed by atoms with Gasteiger partial charge in [-0.2, -0.15) is 0 Å². The lowest BCUT2D eigenvalue weighted by Gasteiger charge is -2.70. The van der Waals surface area contributed by atoms with E-state index in [0.29, 0.717) is 31.1 Å². The summed E-state index contributed by atoms with van der Waals surface area (Å²) in [4.78, 5) is 32.1. The summed E-state index contributed by atoms with van der Waals surface area (Å²) in [5, 5.41) is 28.6.